The van der Waals surface area contributed by atoms with E-state index in [4.69, 9.17) is 4.74 Å². The van der Waals surface area contributed by atoms with E-state index in [1.54, 1.807) is 6.07 Å². The Bertz CT molecular complexity index is 466. The predicted octanol–water partition coefficient (Wildman–Crippen LogP) is 2.84. The summed E-state index contributed by atoms with van der Waals surface area (Å²) in [5.74, 6) is 0.611. The number of nitrogens with zero attached hydrogens (tertiary/aromatic N) is 2. The highest BCUT2D eigenvalue weighted by atomic mass is 16.6. The van der Waals surface area contributed by atoms with Gasteiger partial charge >= 0.3 is 0 Å². The number of rotatable bonds is 2. The van der Waals surface area contributed by atoms with Crippen LogP contribution in [0.3, 0.4) is 0 Å². The number of nitro benzene ring substituents is 1. The fourth-order valence-electron chi connectivity index (χ4n) is 2.12. The molecule has 0 unspecified atom stereocenters. The molecule has 1 aliphatic rings. The summed E-state index contributed by atoms with van der Waals surface area (Å²) in [6.45, 7) is 8.82. The minimum atomic E-state index is -0.396. The van der Waals surface area contributed by atoms with Crippen molar-refractivity contribution in [3.05, 3.63) is 28.3 Å². The molecule has 0 N–H and O–H groups in total. The van der Waals surface area contributed by atoms with Gasteiger partial charge in [-0.15, -0.1) is 0 Å². The number of non-ortho nitro benzene ring substituents is 1. The zero-order valence-corrected chi connectivity index (χ0v) is 11.0. The van der Waals surface area contributed by atoms with Crippen LogP contribution in [0.1, 0.15) is 20.8 Å². The largest absolute Gasteiger partial charge is 0.489 e. The lowest BCUT2D eigenvalue weighted by Gasteiger charge is -2.35. The number of ether oxygens (including phenoxy) is 1. The van der Waals surface area contributed by atoms with Gasteiger partial charge in [0.15, 0.2) is 0 Å². The van der Waals surface area contributed by atoms with Gasteiger partial charge in [0.05, 0.1) is 23.2 Å². The van der Waals surface area contributed by atoms with Gasteiger partial charge in [-0.3, -0.25) is 10.1 Å². The van der Waals surface area contributed by atoms with Crippen molar-refractivity contribution in [1.29, 1.82) is 0 Å². The second-order valence-electron chi connectivity index (χ2n) is 5.74. The lowest BCUT2D eigenvalue weighted by Crippen LogP contribution is -2.38. The number of anilines is 1. The highest BCUT2D eigenvalue weighted by molar-refractivity contribution is 5.63. The number of nitro groups is 1. The Morgan fingerprint density at radius 1 is 1.44 bits per heavy atom. The maximum absolute atomic E-state index is 10.7. The second-order valence-corrected chi connectivity index (χ2v) is 5.74. The molecule has 2 rings (SSSR count). The molecule has 0 saturated heterocycles. The number of benzene rings is 1. The smallest absolute Gasteiger partial charge is 0.273 e. The van der Waals surface area contributed by atoms with Crippen molar-refractivity contribution in [2.45, 2.75) is 20.8 Å². The Labute approximate surface area is 107 Å². The molecule has 0 amide bonds. The van der Waals surface area contributed by atoms with Crippen LogP contribution >= 0.6 is 0 Å². The summed E-state index contributed by atoms with van der Waals surface area (Å²) in [5.41, 5.74) is 1.20. The first-order valence-electron chi connectivity index (χ1n) is 6.03. The third-order valence-electron chi connectivity index (χ3n) is 2.78. The molecule has 18 heavy (non-hydrogen) atoms. The van der Waals surface area contributed by atoms with Crippen LogP contribution < -0.4 is 9.64 Å². The molecule has 1 aliphatic heterocycles. The highest BCUT2D eigenvalue weighted by Crippen LogP contribution is 2.36. The van der Waals surface area contributed by atoms with Gasteiger partial charge in [-0.25, -0.2) is 0 Å². The topological polar surface area (TPSA) is 55.6 Å². The standard InChI is InChI=1S/C13H18N2O3/c1-13(2,3)9-14-6-7-18-12-8-10(15(16)17)4-5-11(12)14/h4-5,8H,6-7,9H2,1-3H3. The normalized spacial score (nSPS) is 14.9. The minimum Gasteiger partial charge on any atom is -0.489 e. The highest BCUT2D eigenvalue weighted by Gasteiger charge is 2.24. The van der Waals surface area contributed by atoms with Crippen molar-refractivity contribution in [2.75, 3.05) is 24.6 Å². The summed E-state index contributed by atoms with van der Waals surface area (Å²) >= 11 is 0. The quantitative estimate of drug-likeness (QED) is 0.598. The summed E-state index contributed by atoms with van der Waals surface area (Å²) in [7, 11) is 0. The van der Waals surface area contributed by atoms with E-state index in [2.05, 4.69) is 25.7 Å². The van der Waals surface area contributed by atoms with Crippen molar-refractivity contribution >= 4 is 11.4 Å². The molecule has 1 heterocycles. The first-order valence-corrected chi connectivity index (χ1v) is 6.03. The van der Waals surface area contributed by atoms with Crippen molar-refractivity contribution in [1.82, 2.24) is 0 Å². The van der Waals surface area contributed by atoms with Crippen LogP contribution in [0.5, 0.6) is 5.75 Å². The molecule has 1 aromatic rings. The molecular weight excluding hydrogens is 232 g/mol. The van der Waals surface area contributed by atoms with Gasteiger partial charge in [0.2, 0.25) is 0 Å². The van der Waals surface area contributed by atoms with Gasteiger partial charge in [0.25, 0.3) is 5.69 Å². The Hall–Kier alpha value is -1.78. The molecule has 98 valence electrons. The second kappa shape index (κ2) is 4.48. The van der Waals surface area contributed by atoms with Gasteiger partial charge in [-0.2, -0.15) is 0 Å². The number of hydrogen-bond donors (Lipinski definition) is 0. The third kappa shape index (κ3) is 2.72. The average molecular weight is 250 g/mol. The summed E-state index contributed by atoms with van der Waals surface area (Å²) in [6, 6.07) is 4.81. The SMILES string of the molecule is CC(C)(C)CN1CCOc2cc([N+](=O)[O-])ccc21. The van der Waals surface area contributed by atoms with Crippen molar-refractivity contribution in [3.8, 4) is 5.75 Å². The van der Waals surface area contributed by atoms with E-state index < -0.39 is 4.92 Å². The van der Waals surface area contributed by atoms with Crippen LogP contribution in [0.15, 0.2) is 18.2 Å². The lowest BCUT2D eigenvalue weighted by atomic mass is 9.95. The summed E-state index contributed by atoms with van der Waals surface area (Å²) in [6.07, 6.45) is 0. The van der Waals surface area contributed by atoms with E-state index in [-0.39, 0.29) is 11.1 Å². The van der Waals surface area contributed by atoms with E-state index in [9.17, 15) is 10.1 Å². The third-order valence-corrected chi connectivity index (χ3v) is 2.78. The molecule has 0 aliphatic carbocycles. The van der Waals surface area contributed by atoms with Crippen LogP contribution in [-0.2, 0) is 0 Å². The van der Waals surface area contributed by atoms with Crippen LogP contribution in [0.25, 0.3) is 0 Å². The van der Waals surface area contributed by atoms with Gasteiger partial charge < -0.3 is 9.64 Å². The average Bonchev–Trinajstić information content (AvgIpc) is 2.26. The van der Waals surface area contributed by atoms with Crippen LogP contribution in [0.2, 0.25) is 0 Å². The van der Waals surface area contributed by atoms with Crippen molar-refractivity contribution in [2.24, 2.45) is 5.41 Å². The molecule has 5 heteroatoms. The Morgan fingerprint density at radius 3 is 2.78 bits per heavy atom. The van der Waals surface area contributed by atoms with Crippen LogP contribution in [0, 0.1) is 15.5 Å². The fourth-order valence-corrected chi connectivity index (χ4v) is 2.12. The summed E-state index contributed by atoms with van der Waals surface area (Å²) < 4.78 is 5.51. The monoisotopic (exact) mass is 250 g/mol. The maximum Gasteiger partial charge on any atom is 0.273 e. The molecule has 0 fully saturated rings. The van der Waals surface area contributed by atoms with E-state index in [1.165, 1.54) is 12.1 Å². The van der Waals surface area contributed by atoms with E-state index in [0.29, 0.717) is 12.4 Å². The van der Waals surface area contributed by atoms with Gasteiger partial charge in [0, 0.05) is 12.6 Å². The first-order chi connectivity index (χ1) is 8.37. The molecule has 0 aromatic heterocycles. The van der Waals surface area contributed by atoms with Gasteiger partial charge in [-0.05, 0) is 11.5 Å². The minimum absolute atomic E-state index is 0.0753. The Morgan fingerprint density at radius 2 is 2.17 bits per heavy atom. The molecule has 0 radical (unpaired) electrons. The van der Waals surface area contributed by atoms with E-state index >= 15 is 0 Å². The molecule has 0 bridgehead atoms. The molecule has 0 saturated carbocycles. The molecular formula is C13H18N2O3. The Balaban J connectivity index is 2.30. The predicted molar refractivity (Wildman–Crippen MR) is 70.3 cm³/mol. The molecule has 5 nitrogen and oxygen atoms in total. The number of hydrogen-bond acceptors (Lipinski definition) is 4. The van der Waals surface area contributed by atoms with Crippen LogP contribution in [0.4, 0.5) is 11.4 Å². The van der Waals surface area contributed by atoms with E-state index in [0.717, 1.165) is 18.8 Å². The van der Waals surface area contributed by atoms with Crippen LogP contribution in [-0.4, -0.2) is 24.6 Å². The van der Waals surface area contributed by atoms with Gasteiger partial charge in [0.1, 0.15) is 12.4 Å². The Kier molecular flexibility index (Phi) is 3.15. The van der Waals surface area contributed by atoms with Crippen molar-refractivity contribution < 1.29 is 9.66 Å². The zero-order chi connectivity index (χ0) is 13.3. The number of fused-ring (bicyclic) bond motifs is 1. The fraction of sp³-hybridized carbons (Fsp3) is 0.538. The molecule has 1 aromatic carbocycles. The lowest BCUT2D eigenvalue weighted by molar-refractivity contribution is -0.384. The molecule has 0 spiro atoms. The summed E-state index contributed by atoms with van der Waals surface area (Å²) in [4.78, 5) is 12.6. The summed E-state index contributed by atoms with van der Waals surface area (Å²) in [5, 5.41) is 10.7. The van der Waals surface area contributed by atoms with E-state index in [1.807, 2.05) is 0 Å². The maximum atomic E-state index is 10.7. The van der Waals surface area contributed by atoms with Crippen molar-refractivity contribution in [3.63, 3.8) is 0 Å². The zero-order valence-electron chi connectivity index (χ0n) is 11.0. The first kappa shape index (κ1) is 12.7. The molecule has 0 atom stereocenters. The van der Waals surface area contributed by atoms with Gasteiger partial charge in [-0.1, -0.05) is 20.8 Å².